The fourth-order valence-electron chi connectivity index (χ4n) is 2.91. The van der Waals surface area contributed by atoms with E-state index in [0.717, 1.165) is 36.9 Å². The molecular formula is C15H22N4O3. The number of aryl methyl sites for hydroxylation is 2. The van der Waals surface area contributed by atoms with Crippen LogP contribution in [0.1, 0.15) is 24.1 Å². The van der Waals surface area contributed by atoms with Crippen molar-refractivity contribution in [1.29, 1.82) is 0 Å². The number of morpholine rings is 1. The van der Waals surface area contributed by atoms with Crippen LogP contribution in [0.25, 0.3) is 0 Å². The van der Waals surface area contributed by atoms with Crippen LogP contribution in [0.2, 0.25) is 0 Å². The predicted octanol–water partition coefficient (Wildman–Crippen LogP) is 0.164. The van der Waals surface area contributed by atoms with Crippen molar-refractivity contribution < 1.29 is 9.53 Å². The number of hydrogen-bond acceptors (Lipinski definition) is 4. The van der Waals surface area contributed by atoms with E-state index in [1.165, 1.54) is 4.68 Å². The Bertz CT molecular complexity index is 593. The zero-order valence-electron chi connectivity index (χ0n) is 12.7. The molecule has 7 heteroatoms. The van der Waals surface area contributed by atoms with Gasteiger partial charge in [-0.05, 0) is 31.2 Å². The Hall–Kier alpha value is -1.89. The lowest BCUT2D eigenvalue weighted by atomic mass is 9.97. The molecule has 2 heterocycles. The van der Waals surface area contributed by atoms with Crippen LogP contribution < -0.4 is 10.9 Å². The largest absolute Gasteiger partial charge is 0.378 e. The summed E-state index contributed by atoms with van der Waals surface area (Å²) in [4.78, 5) is 25.7. The van der Waals surface area contributed by atoms with Crippen LogP contribution in [-0.4, -0.2) is 53.6 Å². The summed E-state index contributed by atoms with van der Waals surface area (Å²) in [6, 6.07) is 1.60. The first-order chi connectivity index (χ1) is 10.7. The number of carbonyl (C=O) groups excluding carboxylic acids is 1. The van der Waals surface area contributed by atoms with Gasteiger partial charge in [-0.3, -0.25) is 4.79 Å². The van der Waals surface area contributed by atoms with E-state index in [-0.39, 0.29) is 11.6 Å². The highest BCUT2D eigenvalue weighted by Crippen LogP contribution is 2.16. The molecule has 1 aliphatic carbocycles. The van der Waals surface area contributed by atoms with Gasteiger partial charge in [-0.1, -0.05) is 0 Å². The van der Waals surface area contributed by atoms with Crippen molar-refractivity contribution in [2.24, 2.45) is 0 Å². The van der Waals surface area contributed by atoms with Crippen LogP contribution in [0.4, 0.5) is 4.79 Å². The molecule has 0 bridgehead atoms. The third-order valence-electron chi connectivity index (χ3n) is 4.17. The zero-order chi connectivity index (χ0) is 15.4. The van der Waals surface area contributed by atoms with Gasteiger partial charge in [0.05, 0.1) is 25.5 Å². The van der Waals surface area contributed by atoms with Gasteiger partial charge in [0, 0.05) is 25.7 Å². The smallest absolute Gasteiger partial charge is 0.317 e. The molecule has 0 saturated carbocycles. The number of urea groups is 1. The Morgan fingerprint density at radius 1 is 1.27 bits per heavy atom. The number of rotatable bonds is 3. The predicted molar refractivity (Wildman–Crippen MR) is 80.9 cm³/mol. The highest BCUT2D eigenvalue weighted by molar-refractivity contribution is 5.74. The van der Waals surface area contributed by atoms with E-state index < -0.39 is 0 Å². The first kappa shape index (κ1) is 15.0. The number of nitrogens with zero attached hydrogens (tertiary/aromatic N) is 3. The maximum absolute atomic E-state index is 12.0. The van der Waals surface area contributed by atoms with Crippen molar-refractivity contribution in [2.45, 2.75) is 32.2 Å². The Morgan fingerprint density at radius 3 is 2.86 bits per heavy atom. The molecule has 0 spiro atoms. The SMILES string of the molecule is O=C(NCCn1nc2c(cc1=O)CCCC2)N1CCOCC1. The second kappa shape index (κ2) is 6.91. The van der Waals surface area contributed by atoms with Crippen LogP contribution in [0.5, 0.6) is 0 Å². The molecule has 0 aromatic carbocycles. The van der Waals surface area contributed by atoms with Gasteiger partial charge in [-0.2, -0.15) is 5.10 Å². The molecular weight excluding hydrogens is 284 g/mol. The second-order valence-electron chi connectivity index (χ2n) is 5.72. The summed E-state index contributed by atoms with van der Waals surface area (Å²) in [6.07, 6.45) is 4.15. The molecule has 1 saturated heterocycles. The van der Waals surface area contributed by atoms with Gasteiger partial charge in [-0.15, -0.1) is 0 Å². The minimum atomic E-state index is -0.102. The highest BCUT2D eigenvalue weighted by Gasteiger charge is 2.16. The molecule has 0 unspecified atom stereocenters. The van der Waals surface area contributed by atoms with Gasteiger partial charge >= 0.3 is 6.03 Å². The molecule has 22 heavy (non-hydrogen) atoms. The number of nitrogens with one attached hydrogen (secondary N) is 1. The second-order valence-corrected chi connectivity index (χ2v) is 5.72. The molecule has 1 aromatic heterocycles. The number of carbonyl (C=O) groups is 1. The van der Waals surface area contributed by atoms with Gasteiger partial charge in [0.2, 0.25) is 0 Å². The molecule has 0 radical (unpaired) electrons. The lowest BCUT2D eigenvalue weighted by Crippen LogP contribution is -2.47. The van der Waals surface area contributed by atoms with Crippen molar-refractivity contribution >= 4 is 6.03 Å². The van der Waals surface area contributed by atoms with E-state index in [9.17, 15) is 9.59 Å². The molecule has 2 aliphatic rings. The zero-order valence-corrected chi connectivity index (χ0v) is 12.7. The summed E-state index contributed by atoms with van der Waals surface area (Å²) in [5.74, 6) is 0. The first-order valence-corrected chi connectivity index (χ1v) is 7.94. The molecule has 2 amide bonds. The van der Waals surface area contributed by atoms with E-state index >= 15 is 0 Å². The maximum atomic E-state index is 12.0. The molecule has 1 fully saturated rings. The normalized spacial score (nSPS) is 17.9. The van der Waals surface area contributed by atoms with Crippen molar-refractivity contribution in [3.63, 3.8) is 0 Å². The average Bonchev–Trinajstić information content (AvgIpc) is 2.56. The first-order valence-electron chi connectivity index (χ1n) is 7.94. The Balaban J connectivity index is 1.55. The fraction of sp³-hybridized carbons (Fsp3) is 0.667. The van der Waals surface area contributed by atoms with E-state index in [4.69, 9.17) is 4.74 Å². The molecule has 1 N–H and O–H groups in total. The molecule has 0 atom stereocenters. The number of hydrogen-bond donors (Lipinski definition) is 1. The van der Waals surface area contributed by atoms with Crippen LogP contribution in [0, 0.1) is 0 Å². The minimum absolute atomic E-state index is 0.0822. The van der Waals surface area contributed by atoms with Crippen molar-refractivity contribution in [1.82, 2.24) is 20.0 Å². The summed E-state index contributed by atoms with van der Waals surface area (Å²) in [5.41, 5.74) is 2.04. The summed E-state index contributed by atoms with van der Waals surface area (Å²) < 4.78 is 6.68. The van der Waals surface area contributed by atoms with Gasteiger partial charge in [0.25, 0.3) is 5.56 Å². The van der Waals surface area contributed by atoms with E-state index in [1.54, 1.807) is 11.0 Å². The van der Waals surface area contributed by atoms with Crippen molar-refractivity contribution in [2.75, 3.05) is 32.8 Å². The van der Waals surface area contributed by atoms with Crippen molar-refractivity contribution in [3.05, 3.63) is 27.7 Å². The summed E-state index contributed by atoms with van der Waals surface area (Å²) in [7, 11) is 0. The van der Waals surface area contributed by atoms with Crippen LogP contribution >= 0.6 is 0 Å². The lowest BCUT2D eigenvalue weighted by Gasteiger charge is -2.27. The molecule has 1 aliphatic heterocycles. The lowest BCUT2D eigenvalue weighted by molar-refractivity contribution is 0.0532. The van der Waals surface area contributed by atoms with E-state index in [1.807, 2.05) is 0 Å². The average molecular weight is 306 g/mol. The van der Waals surface area contributed by atoms with Crippen LogP contribution in [0.15, 0.2) is 10.9 Å². The number of fused-ring (bicyclic) bond motifs is 1. The molecule has 3 rings (SSSR count). The monoisotopic (exact) mass is 306 g/mol. The topological polar surface area (TPSA) is 76.5 Å². The van der Waals surface area contributed by atoms with Gasteiger partial charge < -0.3 is 15.0 Å². The van der Waals surface area contributed by atoms with E-state index in [2.05, 4.69) is 10.4 Å². The maximum Gasteiger partial charge on any atom is 0.317 e. The highest BCUT2D eigenvalue weighted by atomic mass is 16.5. The minimum Gasteiger partial charge on any atom is -0.378 e. The molecule has 7 nitrogen and oxygen atoms in total. The van der Waals surface area contributed by atoms with Crippen molar-refractivity contribution in [3.8, 4) is 0 Å². The van der Waals surface area contributed by atoms with Gasteiger partial charge in [-0.25, -0.2) is 9.48 Å². The van der Waals surface area contributed by atoms with Crippen LogP contribution in [-0.2, 0) is 24.1 Å². The Morgan fingerprint density at radius 2 is 2.05 bits per heavy atom. The van der Waals surface area contributed by atoms with Gasteiger partial charge in [0.1, 0.15) is 0 Å². The Kier molecular flexibility index (Phi) is 4.72. The molecule has 120 valence electrons. The quantitative estimate of drug-likeness (QED) is 0.863. The fourth-order valence-corrected chi connectivity index (χ4v) is 2.91. The third kappa shape index (κ3) is 3.47. The number of amides is 2. The Labute approximate surface area is 129 Å². The standard InChI is InChI=1S/C15H22N4O3/c20-14-11-12-3-1-2-4-13(12)17-19(14)6-5-16-15(21)18-7-9-22-10-8-18/h11H,1-10H2,(H,16,21). The molecule has 1 aromatic rings. The number of ether oxygens (including phenoxy) is 1. The third-order valence-corrected chi connectivity index (χ3v) is 4.17. The summed E-state index contributed by atoms with van der Waals surface area (Å²) in [5, 5.41) is 7.28. The summed E-state index contributed by atoms with van der Waals surface area (Å²) in [6.45, 7) is 3.20. The van der Waals surface area contributed by atoms with Gasteiger partial charge in [0.15, 0.2) is 0 Å². The number of aromatic nitrogens is 2. The van der Waals surface area contributed by atoms with Crippen LogP contribution in [0.3, 0.4) is 0 Å². The summed E-state index contributed by atoms with van der Waals surface area (Å²) >= 11 is 0. The van der Waals surface area contributed by atoms with E-state index in [0.29, 0.717) is 39.4 Å².